The molecule has 0 aliphatic rings. The van der Waals surface area contributed by atoms with Crippen LogP contribution in [0.1, 0.15) is 13.3 Å². The quantitative estimate of drug-likeness (QED) is 0.205. The molecule has 0 rings (SSSR count). The molecule has 0 heterocycles. The van der Waals surface area contributed by atoms with Gasteiger partial charge in [-0.3, -0.25) is 0 Å². The molecule has 0 aliphatic heterocycles. The Labute approximate surface area is 114 Å². The third kappa shape index (κ3) is 15.1. The third-order valence-electron chi connectivity index (χ3n) is 0.533. The molecular weight excluding hydrogens is 341 g/mol. The smallest absolute Gasteiger partial charge is 0.0749 e. The summed E-state index contributed by atoms with van der Waals surface area (Å²) in [7, 11) is 11.7. The minimum absolute atomic E-state index is 0.830. The average molecular weight is 349 g/mol. The fourth-order valence-electron chi connectivity index (χ4n) is 0.206. The number of hydrogen-bond acceptors (Lipinski definition) is 10. The molecule has 10 heteroatoms. The zero-order valence-corrected chi connectivity index (χ0v) is 14.0. The summed E-state index contributed by atoms with van der Waals surface area (Å²) in [5.41, 5.74) is 0. The minimum atomic E-state index is 0.830. The largest absolute Gasteiger partial charge is 0.304 e. The van der Waals surface area contributed by atoms with Crippen LogP contribution in [0.3, 0.4) is 0 Å². The van der Waals surface area contributed by atoms with E-state index in [1.165, 1.54) is 20.9 Å². The summed E-state index contributed by atoms with van der Waals surface area (Å²) in [6.07, 6.45) is 1.08. The van der Waals surface area contributed by atoms with Crippen molar-refractivity contribution >= 4 is 91.5 Å². The molecule has 0 aromatic heterocycles. The Morgan fingerprint density at radius 3 is 2.23 bits per heavy atom. The van der Waals surface area contributed by atoms with E-state index >= 15 is 0 Å². The lowest BCUT2D eigenvalue weighted by Gasteiger charge is -1.97. The summed E-state index contributed by atoms with van der Waals surface area (Å²) in [6.45, 7) is 2.93. The van der Waals surface area contributed by atoms with Crippen molar-refractivity contribution in [3.63, 3.8) is 0 Å². The molecule has 0 saturated carbocycles. The Morgan fingerprint density at radius 2 is 1.62 bits per heavy atom. The Kier molecular flexibility index (Phi) is 18.7. The van der Waals surface area contributed by atoms with Gasteiger partial charge in [0.1, 0.15) is 0 Å². The first-order valence-corrected chi connectivity index (χ1v) is 14.1. The van der Waals surface area contributed by atoms with Gasteiger partial charge in [-0.15, -0.1) is 0 Å². The van der Waals surface area contributed by atoms with Gasteiger partial charge in [0.25, 0.3) is 0 Å². The van der Waals surface area contributed by atoms with Crippen LogP contribution < -0.4 is 0 Å². The Bertz CT molecular complexity index is 80.9. The van der Waals surface area contributed by atoms with Crippen molar-refractivity contribution in [2.75, 3.05) is 6.61 Å². The molecule has 80 valence electrons. The van der Waals surface area contributed by atoms with Crippen LogP contribution >= 0.6 is 91.5 Å². The lowest BCUT2D eigenvalue weighted by atomic mass is 10.5. The predicted molar refractivity (Wildman–Crippen MR) is 86.0 cm³/mol. The summed E-state index contributed by atoms with van der Waals surface area (Å²) in [5.74, 6) is 0. The highest BCUT2D eigenvalue weighted by Gasteiger charge is 1.95. The monoisotopic (exact) mass is 348 g/mol. The van der Waals surface area contributed by atoms with Crippen molar-refractivity contribution < 1.29 is 4.18 Å². The Morgan fingerprint density at radius 1 is 1.00 bits per heavy atom. The van der Waals surface area contributed by atoms with Gasteiger partial charge >= 0.3 is 0 Å². The lowest BCUT2D eigenvalue weighted by molar-refractivity contribution is 0.379. The van der Waals surface area contributed by atoms with E-state index in [2.05, 4.69) is 18.6 Å². The second kappa shape index (κ2) is 15.1. The van der Waals surface area contributed by atoms with Crippen molar-refractivity contribution in [2.24, 2.45) is 0 Å². The van der Waals surface area contributed by atoms with E-state index in [1.54, 1.807) is 59.0 Å². The van der Waals surface area contributed by atoms with Gasteiger partial charge in [-0.05, 0) is 35.9 Å². The molecule has 1 nitrogen and oxygen atoms in total. The maximum Gasteiger partial charge on any atom is 0.0749 e. The number of rotatable bonds is 10. The van der Waals surface area contributed by atoms with E-state index in [0.29, 0.717) is 0 Å². The van der Waals surface area contributed by atoms with E-state index in [1.807, 2.05) is 0 Å². The van der Waals surface area contributed by atoms with Gasteiger partial charge in [-0.2, -0.15) is 0 Å². The molecule has 0 unspecified atom stereocenters. The minimum Gasteiger partial charge on any atom is -0.304 e. The van der Waals surface area contributed by atoms with Gasteiger partial charge in [0.2, 0.25) is 0 Å². The first-order valence-electron chi connectivity index (χ1n) is 3.01. The van der Waals surface area contributed by atoms with Gasteiger partial charge in [0, 0.05) is 39.3 Å². The Balaban J connectivity index is 2.76. The summed E-state index contributed by atoms with van der Waals surface area (Å²) in [5, 5.41) is 0. The van der Waals surface area contributed by atoms with Crippen molar-refractivity contribution in [3.8, 4) is 0 Å². The van der Waals surface area contributed by atoms with E-state index in [9.17, 15) is 0 Å². The van der Waals surface area contributed by atoms with Crippen molar-refractivity contribution in [3.05, 3.63) is 0 Å². The van der Waals surface area contributed by atoms with Crippen LogP contribution in [0.15, 0.2) is 0 Å². The maximum atomic E-state index is 5.22. The van der Waals surface area contributed by atoms with Crippen LogP contribution in [0.25, 0.3) is 0 Å². The highest BCUT2D eigenvalue weighted by atomic mass is 34.0. The van der Waals surface area contributed by atoms with Crippen LogP contribution in [-0.2, 0) is 4.18 Å². The molecule has 13 heavy (non-hydrogen) atoms. The fourth-order valence-corrected chi connectivity index (χ4v) is 16.0. The molecule has 0 aromatic carbocycles. The normalized spacial score (nSPS) is 10.6. The summed E-state index contributed by atoms with van der Waals surface area (Å²) in [6, 6.07) is 0. The standard InChI is InChI=1S/C3H8OS9/c1-2-3-4-6-8-10-12-13-11-9-7-5/h5H,2-3H2,1H3. The second-order valence-corrected chi connectivity index (χ2v) is 14.7. The molecular formula is C3H8OS9. The zero-order valence-electron chi connectivity index (χ0n) is 6.54. The van der Waals surface area contributed by atoms with Crippen LogP contribution in [0.5, 0.6) is 0 Å². The number of thiol groups is 1. The highest BCUT2D eigenvalue weighted by molar-refractivity contribution is 9.50. The van der Waals surface area contributed by atoms with E-state index in [4.69, 9.17) is 4.18 Å². The maximum absolute atomic E-state index is 5.22. The first-order chi connectivity index (χ1) is 6.41. The van der Waals surface area contributed by atoms with Crippen LogP contribution in [-0.4, -0.2) is 6.61 Å². The van der Waals surface area contributed by atoms with E-state index < -0.39 is 0 Å². The van der Waals surface area contributed by atoms with Gasteiger partial charge in [0.15, 0.2) is 0 Å². The second-order valence-electron chi connectivity index (χ2n) is 1.37. The molecule has 0 bridgehead atoms. The molecule has 0 radical (unpaired) electrons. The molecule has 0 aliphatic carbocycles. The Hall–Kier alpha value is 3.11. The third-order valence-corrected chi connectivity index (χ3v) is 15.4. The van der Waals surface area contributed by atoms with Crippen molar-refractivity contribution in [2.45, 2.75) is 13.3 Å². The summed E-state index contributed by atoms with van der Waals surface area (Å²) in [4.78, 5) is 0. The summed E-state index contributed by atoms with van der Waals surface area (Å²) < 4.78 is 5.22. The average Bonchev–Trinajstić information content (AvgIpc) is 2.16. The fraction of sp³-hybridized carbons (Fsp3) is 1.00. The summed E-state index contributed by atoms with van der Waals surface area (Å²) >= 11 is 5.45. The topological polar surface area (TPSA) is 9.23 Å². The molecule has 0 saturated heterocycles. The lowest BCUT2D eigenvalue weighted by Crippen LogP contribution is -1.77. The van der Waals surface area contributed by atoms with E-state index in [-0.39, 0.29) is 0 Å². The van der Waals surface area contributed by atoms with Crippen LogP contribution in [0.2, 0.25) is 0 Å². The zero-order chi connectivity index (χ0) is 9.78. The number of hydrogen-bond donors (Lipinski definition) is 1. The van der Waals surface area contributed by atoms with Crippen molar-refractivity contribution in [1.29, 1.82) is 0 Å². The molecule has 0 spiro atoms. The van der Waals surface area contributed by atoms with E-state index in [0.717, 1.165) is 13.0 Å². The predicted octanol–water partition coefficient (Wildman–Crippen LogP) is 6.44. The van der Waals surface area contributed by atoms with Crippen molar-refractivity contribution in [1.82, 2.24) is 0 Å². The van der Waals surface area contributed by atoms with Gasteiger partial charge < -0.3 is 4.18 Å². The molecule has 0 fully saturated rings. The molecule has 0 aromatic rings. The van der Waals surface area contributed by atoms with Crippen LogP contribution in [0, 0.1) is 0 Å². The SMILES string of the molecule is CCCOSSSSSSSSS. The van der Waals surface area contributed by atoms with Gasteiger partial charge in [0.05, 0.1) is 17.7 Å². The van der Waals surface area contributed by atoms with Gasteiger partial charge in [-0.1, -0.05) is 18.6 Å². The highest BCUT2D eigenvalue weighted by Crippen LogP contribution is 2.57. The first kappa shape index (κ1) is 16.1. The molecule has 0 amide bonds. The molecule has 0 atom stereocenters. The van der Waals surface area contributed by atoms with Crippen LogP contribution in [0.4, 0.5) is 0 Å². The molecule has 0 N–H and O–H groups in total. The van der Waals surface area contributed by atoms with Gasteiger partial charge in [-0.25, -0.2) is 0 Å².